The van der Waals surface area contributed by atoms with Crippen LogP contribution in [0.4, 0.5) is 4.39 Å². The van der Waals surface area contributed by atoms with Crippen molar-refractivity contribution in [3.05, 3.63) is 34.3 Å². The van der Waals surface area contributed by atoms with Crippen molar-refractivity contribution in [3.63, 3.8) is 0 Å². The van der Waals surface area contributed by atoms with Gasteiger partial charge in [-0.25, -0.2) is 4.39 Å². The van der Waals surface area contributed by atoms with Crippen LogP contribution in [0.1, 0.15) is 31.1 Å². The zero-order valence-electron chi connectivity index (χ0n) is 8.64. The van der Waals surface area contributed by atoms with Crippen LogP contribution in [0.3, 0.4) is 0 Å². The zero-order chi connectivity index (χ0) is 10.9. The number of hydrogen-bond donors (Lipinski definition) is 1. The average molecular weight is 216 g/mol. The van der Waals surface area contributed by atoms with E-state index in [-0.39, 0.29) is 0 Å². The maximum atomic E-state index is 13.9. The van der Waals surface area contributed by atoms with E-state index in [1.54, 1.807) is 26.0 Å². The van der Waals surface area contributed by atoms with Gasteiger partial charge in [-0.1, -0.05) is 29.3 Å². The second kappa shape index (κ2) is 3.87. The Morgan fingerprint density at radius 3 is 2.50 bits per heavy atom. The van der Waals surface area contributed by atoms with E-state index in [4.69, 9.17) is 17.3 Å². The van der Waals surface area contributed by atoms with Crippen LogP contribution in [0.2, 0.25) is 5.02 Å². The summed E-state index contributed by atoms with van der Waals surface area (Å²) in [6, 6.07) is 5.29. The van der Waals surface area contributed by atoms with Crippen LogP contribution in [0, 0.1) is 6.92 Å². The molecule has 0 saturated heterocycles. The Labute approximate surface area is 89.1 Å². The largest absolute Gasteiger partial charge is 0.323 e. The van der Waals surface area contributed by atoms with Gasteiger partial charge in [-0.3, -0.25) is 0 Å². The van der Waals surface area contributed by atoms with Crippen LogP contribution in [0.15, 0.2) is 18.2 Å². The Hall–Kier alpha value is -0.600. The number of alkyl halides is 1. The molecule has 1 aromatic carbocycles. The van der Waals surface area contributed by atoms with E-state index < -0.39 is 11.7 Å². The number of aryl methyl sites for hydroxylation is 1. The van der Waals surface area contributed by atoms with Crippen LogP contribution in [-0.2, 0) is 0 Å². The van der Waals surface area contributed by atoms with Gasteiger partial charge >= 0.3 is 0 Å². The van der Waals surface area contributed by atoms with Crippen LogP contribution in [0.5, 0.6) is 0 Å². The monoisotopic (exact) mass is 215 g/mol. The van der Waals surface area contributed by atoms with Crippen LogP contribution in [0.25, 0.3) is 0 Å². The first-order valence-electron chi connectivity index (χ1n) is 4.51. The molecule has 1 nitrogen and oxygen atoms in total. The molecule has 1 aromatic rings. The molecule has 3 heteroatoms. The van der Waals surface area contributed by atoms with E-state index in [0.717, 1.165) is 5.56 Å². The molecule has 78 valence electrons. The van der Waals surface area contributed by atoms with E-state index in [2.05, 4.69) is 0 Å². The van der Waals surface area contributed by atoms with Crippen molar-refractivity contribution < 1.29 is 4.39 Å². The summed E-state index contributed by atoms with van der Waals surface area (Å²) >= 11 is 5.90. The minimum absolute atomic E-state index is 0.432. The van der Waals surface area contributed by atoms with Crippen molar-refractivity contribution >= 4 is 11.6 Å². The van der Waals surface area contributed by atoms with Gasteiger partial charge in [0.05, 0.1) is 0 Å². The first-order valence-corrected chi connectivity index (χ1v) is 4.89. The third-order valence-corrected chi connectivity index (χ3v) is 2.42. The van der Waals surface area contributed by atoms with Crippen molar-refractivity contribution in [2.45, 2.75) is 32.5 Å². The summed E-state index contributed by atoms with van der Waals surface area (Å²) in [4.78, 5) is 0. The summed E-state index contributed by atoms with van der Waals surface area (Å²) in [5.41, 5.74) is 6.25. The molecule has 0 spiro atoms. The van der Waals surface area contributed by atoms with E-state index in [0.29, 0.717) is 10.6 Å². The Bertz CT molecular complexity index is 331. The van der Waals surface area contributed by atoms with Crippen LogP contribution in [-0.4, -0.2) is 5.54 Å². The van der Waals surface area contributed by atoms with E-state index in [1.165, 1.54) is 0 Å². The second-order valence-corrected chi connectivity index (χ2v) is 4.62. The molecule has 2 N–H and O–H groups in total. The van der Waals surface area contributed by atoms with Crippen molar-refractivity contribution in [1.82, 2.24) is 0 Å². The molecule has 14 heavy (non-hydrogen) atoms. The highest BCUT2D eigenvalue weighted by Gasteiger charge is 2.28. The van der Waals surface area contributed by atoms with Crippen molar-refractivity contribution in [2.24, 2.45) is 5.73 Å². The van der Waals surface area contributed by atoms with Gasteiger partial charge in [-0.2, -0.15) is 0 Å². The standard InChI is InChI=1S/C11H15ClFN/c1-7-4-5-9(12)8(6-7)10(13)11(2,3)14/h4-6,10H,14H2,1-3H3. The van der Waals surface area contributed by atoms with Gasteiger partial charge < -0.3 is 5.73 Å². The van der Waals surface area contributed by atoms with Gasteiger partial charge in [0.15, 0.2) is 0 Å². The Morgan fingerprint density at radius 1 is 1.43 bits per heavy atom. The topological polar surface area (TPSA) is 26.0 Å². The molecule has 0 aromatic heterocycles. The third-order valence-electron chi connectivity index (χ3n) is 2.08. The number of rotatable bonds is 2. The number of nitrogens with two attached hydrogens (primary N) is 1. The SMILES string of the molecule is Cc1ccc(Cl)c(C(F)C(C)(C)N)c1. The molecule has 0 radical (unpaired) electrons. The highest BCUT2D eigenvalue weighted by molar-refractivity contribution is 6.31. The molecule has 0 heterocycles. The fraction of sp³-hybridized carbons (Fsp3) is 0.455. The fourth-order valence-electron chi connectivity index (χ4n) is 1.26. The van der Waals surface area contributed by atoms with Gasteiger partial charge in [0.25, 0.3) is 0 Å². The lowest BCUT2D eigenvalue weighted by molar-refractivity contribution is 0.223. The molecule has 1 rings (SSSR count). The Kier molecular flexibility index (Phi) is 3.17. The summed E-state index contributed by atoms with van der Waals surface area (Å²) in [7, 11) is 0. The minimum Gasteiger partial charge on any atom is -0.323 e. The Balaban J connectivity index is 3.12. The van der Waals surface area contributed by atoms with E-state index in [9.17, 15) is 4.39 Å². The average Bonchev–Trinajstić information content (AvgIpc) is 2.06. The number of halogens is 2. The maximum absolute atomic E-state index is 13.9. The lowest BCUT2D eigenvalue weighted by atomic mass is 9.93. The zero-order valence-corrected chi connectivity index (χ0v) is 9.40. The molecule has 0 amide bonds. The first kappa shape index (κ1) is 11.5. The molecule has 1 unspecified atom stereocenters. The summed E-state index contributed by atoms with van der Waals surface area (Å²) < 4.78 is 13.9. The van der Waals surface area contributed by atoms with Crippen molar-refractivity contribution in [2.75, 3.05) is 0 Å². The third kappa shape index (κ3) is 2.46. The molecule has 0 aliphatic heterocycles. The molecule has 1 atom stereocenters. The summed E-state index contributed by atoms with van der Waals surface area (Å²) in [6.45, 7) is 5.20. The normalized spacial score (nSPS) is 14.1. The highest BCUT2D eigenvalue weighted by atomic mass is 35.5. The fourth-order valence-corrected chi connectivity index (χ4v) is 1.47. The molecule has 0 aliphatic rings. The van der Waals surface area contributed by atoms with Gasteiger partial charge in [0, 0.05) is 16.1 Å². The summed E-state index contributed by atoms with van der Waals surface area (Å²) in [5, 5.41) is 0.432. The smallest absolute Gasteiger partial charge is 0.144 e. The van der Waals surface area contributed by atoms with Crippen LogP contribution >= 0.6 is 11.6 Å². The van der Waals surface area contributed by atoms with E-state index in [1.807, 2.05) is 13.0 Å². The molecular weight excluding hydrogens is 201 g/mol. The predicted octanol–water partition coefficient (Wildman–Crippen LogP) is 3.40. The number of hydrogen-bond acceptors (Lipinski definition) is 1. The molecule has 0 aliphatic carbocycles. The summed E-state index contributed by atoms with van der Waals surface area (Å²) in [5.74, 6) is 0. The highest BCUT2D eigenvalue weighted by Crippen LogP contribution is 2.33. The van der Waals surface area contributed by atoms with Gasteiger partial charge in [-0.15, -0.1) is 0 Å². The van der Waals surface area contributed by atoms with Gasteiger partial charge in [0.1, 0.15) is 6.17 Å². The lowest BCUT2D eigenvalue weighted by Gasteiger charge is -2.24. The van der Waals surface area contributed by atoms with Crippen molar-refractivity contribution in [3.8, 4) is 0 Å². The molecular formula is C11H15ClFN. The Morgan fingerprint density at radius 2 is 2.00 bits per heavy atom. The molecule has 0 bridgehead atoms. The van der Waals surface area contributed by atoms with Crippen molar-refractivity contribution in [1.29, 1.82) is 0 Å². The van der Waals surface area contributed by atoms with Gasteiger partial charge in [-0.05, 0) is 26.8 Å². The summed E-state index contributed by atoms with van der Waals surface area (Å²) in [6.07, 6.45) is -1.24. The molecule has 0 fully saturated rings. The molecule has 0 saturated carbocycles. The van der Waals surface area contributed by atoms with Crippen LogP contribution < -0.4 is 5.73 Å². The predicted molar refractivity (Wildman–Crippen MR) is 58.3 cm³/mol. The number of benzene rings is 1. The minimum atomic E-state index is -1.24. The maximum Gasteiger partial charge on any atom is 0.144 e. The first-order chi connectivity index (χ1) is 6.32. The van der Waals surface area contributed by atoms with Gasteiger partial charge in [0.2, 0.25) is 0 Å². The second-order valence-electron chi connectivity index (χ2n) is 4.21. The van der Waals surface area contributed by atoms with E-state index >= 15 is 0 Å². The lowest BCUT2D eigenvalue weighted by Crippen LogP contribution is -2.37. The quantitative estimate of drug-likeness (QED) is 0.804.